The molecule has 2 aromatic carbocycles. The highest BCUT2D eigenvalue weighted by atomic mass is 35.5. The summed E-state index contributed by atoms with van der Waals surface area (Å²) in [5.41, 5.74) is 1.49. The molecule has 2 N–H and O–H groups in total. The highest BCUT2D eigenvalue weighted by Crippen LogP contribution is 2.25. The van der Waals surface area contributed by atoms with E-state index in [1.165, 1.54) is 7.11 Å². The van der Waals surface area contributed by atoms with Crippen LogP contribution in [0.1, 0.15) is 15.9 Å². The van der Waals surface area contributed by atoms with E-state index in [0.717, 1.165) is 5.56 Å². The minimum atomic E-state index is -0.350. The second kappa shape index (κ2) is 7.82. The highest BCUT2D eigenvalue weighted by molar-refractivity contribution is 6.32. The maximum absolute atomic E-state index is 12.3. The molecule has 0 unspecified atom stereocenters. The summed E-state index contributed by atoms with van der Waals surface area (Å²) in [4.78, 5) is 12.3. The van der Waals surface area contributed by atoms with Gasteiger partial charge in [0.2, 0.25) is 0 Å². The third-order valence-corrected chi connectivity index (χ3v) is 3.61. The van der Waals surface area contributed by atoms with E-state index in [1.807, 2.05) is 30.3 Å². The van der Waals surface area contributed by atoms with E-state index in [2.05, 4.69) is 5.32 Å². The van der Waals surface area contributed by atoms with E-state index in [4.69, 9.17) is 16.3 Å². The Bertz CT molecular complexity index is 631. The first-order chi connectivity index (χ1) is 10.6. The zero-order valence-electron chi connectivity index (χ0n) is 12.3. The largest absolute Gasteiger partial charge is 0.495 e. The van der Waals surface area contributed by atoms with Crippen LogP contribution >= 0.6 is 11.6 Å². The van der Waals surface area contributed by atoms with Gasteiger partial charge in [0, 0.05) is 5.56 Å². The first-order valence-corrected chi connectivity index (χ1v) is 7.31. The molecular weight excluding hydrogens is 302 g/mol. The van der Waals surface area contributed by atoms with Crippen LogP contribution in [-0.4, -0.2) is 30.8 Å². The molecule has 4 nitrogen and oxygen atoms in total. The van der Waals surface area contributed by atoms with Gasteiger partial charge in [0.1, 0.15) is 5.75 Å². The number of aliphatic hydroxyl groups is 1. The summed E-state index contributed by atoms with van der Waals surface area (Å²) in [6, 6.07) is 14.2. The summed E-state index contributed by atoms with van der Waals surface area (Å²) < 4.78 is 5.10. The Labute approximate surface area is 134 Å². The Morgan fingerprint density at radius 2 is 2.00 bits per heavy atom. The van der Waals surface area contributed by atoms with Crippen LogP contribution in [0, 0.1) is 0 Å². The number of hydrogen-bond acceptors (Lipinski definition) is 3. The first kappa shape index (κ1) is 16.3. The normalized spacial score (nSPS) is 11.8. The molecular formula is C17H18ClNO3. The minimum absolute atomic E-state index is 0.134. The Morgan fingerprint density at radius 3 is 2.64 bits per heavy atom. The first-order valence-electron chi connectivity index (χ1n) is 6.93. The molecule has 5 heteroatoms. The van der Waals surface area contributed by atoms with Crippen molar-refractivity contribution in [3.05, 3.63) is 64.7 Å². The fraction of sp³-hybridized carbons (Fsp3) is 0.235. The molecule has 0 aliphatic heterocycles. The lowest BCUT2D eigenvalue weighted by Gasteiger charge is -2.17. The third-order valence-electron chi connectivity index (χ3n) is 3.29. The average Bonchev–Trinajstić information content (AvgIpc) is 2.55. The van der Waals surface area contributed by atoms with Crippen LogP contribution in [0.2, 0.25) is 5.02 Å². The standard InChI is InChI=1S/C17H18ClNO3/c1-22-16-10-13(7-8-15(16)18)17(21)19-14(11-20)9-12-5-3-2-4-6-12/h2-8,10,14,20H,9,11H2,1H3,(H,19,21)/t14-/m1/s1. The molecule has 0 aliphatic carbocycles. The predicted octanol–water partition coefficient (Wildman–Crippen LogP) is 2.68. The van der Waals surface area contributed by atoms with Gasteiger partial charge in [-0.05, 0) is 30.2 Å². The number of nitrogens with one attached hydrogen (secondary N) is 1. The van der Waals surface area contributed by atoms with E-state index >= 15 is 0 Å². The van der Waals surface area contributed by atoms with Gasteiger partial charge in [-0.25, -0.2) is 0 Å². The van der Waals surface area contributed by atoms with Crippen LogP contribution in [0.3, 0.4) is 0 Å². The number of aliphatic hydroxyl groups excluding tert-OH is 1. The summed E-state index contributed by atoms with van der Waals surface area (Å²) in [5, 5.41) is 12.7. The highest BCUT2D eigenvalue weighted by Gasteiger charge is 2.15. The summed E-state index contributed by atoms with van der Waals surface area (Å²) >= 11 is 5.94. The smallest absolute Gasteiger partial charge is 0.251 e. The number of rotatable bonds is 6. The van der Waals surface area contributed by atoms with E-state index in [9.17, 15) is 9.90 Å². The quantitative estimate of drug-likeness (QED) is 0.860. The van der Waals surface area contributed by atoms with Crippen molar-refractivity contribution in [2.45, 2.75) is 12.5 Å². The van der Waals surface area contributed by atoms with Crippen molar-refractivity contribution in [2.75, 3.05) is 13.7 Å². The molecule has 0 aromatic heterocycles. The summed E-state index contributed by atoms with van der Waals surface area (Å²) in [5.74, 6) is 0.169. The van der Waals surface area contributed by atoms with Crippen molar-refractivity contribution in [3.63, 3.8) is 0 Å². The predicted molar refractivity (Wildman–Crippen MR) is 86.5 cm³/mol. The topological polar surface area (TPSA) is 58.6 Å². The van der Waals surface area contributed by atoms with Gasteiger partial charge in [-0.3, -0.25) is 4.79 Å². The van der Waals surface area contributed by atoms with Gasteiger partial charge in [-0.1, -0.05) is 41.9 Å². The number of halogens is 1. The van der Waals surface area contributed by atoms with Gasteiger partial charge in [-0.15, -0.1) is 0 Å². The van der Waals surface area contributed by atoms with Gasteiger partial charge < -0.3 is 15.2 Å². The van der Waals surface area contributed by atoms with E-state index in [-0.39, 0.29) is 18.6 Å². The van der Waals surface area contributed by atoms with Gasteiger partial charge in [-0.2, -0.15) is 0 Å². The van der Waals surface area contributed by atoms with Gasteiger partial charge >= 0.3 is 0 Å². The van der Waals surface area contributed by atoms with Crippen LogP contribution in [0.5, 0.6) is 5.75 Å². The number of carbonyl (C=O) groups excluding carboxylic acids is 1. The lowest BCUT2D eigenvalue weighted by molar-refractivity contribution is 0.0916. The number of methoxy groups -OCH3 is 1. The number of ether oxygens (including phenoxy) is 1. The molecule has 1 amide bonds. The van der Waals surface area contributed by atoms with Crippen molar-refractivity contribution < 1.29 is 14.6 Å². The maximum Gasteiger partial charge on any atom is 0.251 e. The lowest BCUT2D eigenvalue weighted by atomic mass is 10.1. The van der Waals surface area contributed by atoms with E-state index in [0.29, 0.717) is 22.8 Å². The summed E-state index contributed by atoms with van der Waals surface area (Å²) in [7, 11) is 1.49. The second-order valence-corrected chi connectivity index (χ2v) is 5.30. The molecule has 2 aromatic rings. The molecule has 0 saturated carbocycles. The van der Waals surface area contributed by atoms with Crippen molar-refractivity contribution >= 4 is 17.5 Å². The summed E-state index contributed by atoms with van der Waals surface area (Å²) in [6.45, 7) is -0.134. The van der Waals surface area contributed by atoms with Crippen LogP contribution in [0.4, 0.5) is 0 Å². The maximum atomic E-state index is 12.3. The number of amides is 1. The Balaban J connectivity index is 2.06. The molecule has 0 bridgehead atoms. The van der Waals surface area contributed by atoms with E-state index in [1.54, 1.807) is 18.2 Å². The van der Waals surface area contributed by atoms with Crippen LogP contribution in [0.25, 0.3) is 0 Å². The van der Waals surface area contributed by atoms with Gasteiger partial charge in [0.25, 0.3) is 5.91 Å². The fourth-order valence-electron chi connectivity index (χ4n) is 2.13. The average molecular weight is 320 g/mol. The Morgan fingerprint density at radius 1 is 1.27 bits per heavy atom. The SMILES string of the molecule is COc1cc(C(=O)N[C@@H](CO)Cc2ccccc2)ccc1Cl. The molecule has 0 heterocycles. The molecule has 22 heavy (non-hydrogen) atoms. The van der Waals surface area contributed by atoms with Crippen molar-refractivity contribution in [2.24, 2.45) is 0 Å². The fourth-order valence-corrected chi connectivity index (χ4v) is 2.32. The second-order valence-electron chi connectivity index (χ2n) is 4.89. The van der Waals surface area contributed by atoms with Gasteiger partial charge in [0.05, 0.1) is 24.8 Å². The monoisotopic (exact) mass is 319 g/mol. The molecule has 1 atom stereocenters. The molecule has 0 aliphatic rings. The molecule has 116 valence electrons. The number of carbonyl (C=O) groups is 1. The molecule has 0 saturated heterocycles. The summed E-state index contributed by atoms with van der Waals surface area (Å²) in [6.07, 6.45) is 0.563. The van der Waals surface area contributed by atoms with Crippen molar-refractivity contribution in [1.82, 2.24) is 5.32 Å². The molecule has 0 radical (unpaired) electrons. The van der Waals surface area contributed by atoms with Gasteiger partial charge in [0.15, 0.2) is 0 Å². The van der Waals surface area contributed by atoms with Crippen LogP contribution in [0.15, 0.2) is 48.5 Å². The Kier molecular flexibility index (Phi) is 5.81. The van der Waals surface area contributed by atoms with Crippen molar-refractivity contribution in [3.8, 4) is 5.75 Å². The molecule has 0 spiro atoms. The zero-order chi connectivity index (χ0) is 15.9. The van der Waals surface area contributed by atoms with E-state index < -0.39 is 0 Å². The van der Waals surface area contributed by atoms with Crippen molar-refractivity contribution in [1.29, 1.82) is 0 Å². The zero-order valence-corrected chi connectivity index (χ0v) is 13.0. The lowest BCUT2D eigenvalue weighted by Crippen LogP contribution is -2.39. The molecule has 0 fully saturated rings. The van der Waals surface area contributed by atoms with Crippen LogP contribution < -0.4 is 10.1 Å². The number of hydrogen-bond donors (Lipinski definition) is 2. The van der Waals surface area contributed by atoms with Crippen LogP contribution in [-0.2, 0) is 6.42 Å². The number of benzene rings is 2. The third kappa shape index (κ3) is 4.23. The Hall–Kier alpha value is -2.04. The minimum Gasteiger partial charge on any atom is -0.495 e. The molecule has 2 rings (SSSR count).